The molecule has 0 aliphatic rings. The first-order valence-corrected chi connectivity index (χ1v) is 11.0. The van der Waals surface area contributed by atoms with Crippen molar-refractivity contribution in [3.8, 4) is 33.9 Å². The molecule has 0 aliphatic heterocycles. The van der Waals surface area contributed by atoms with Crippen molar-refractivity contribution < 1.29 is 18.8 Å². The average molecular weight is 443 g/mol. The Morgan fingerprint density at radius 2 is 1.48 bits per heavy atom. The van der Waals surface area contributed by atoms with Crippen LogP contribution in [-0.2, 0) is 6.54 Å². The molecule has 1 amide bonds. The molecular weight excluding hydrogens is 416 g/mol. The number of aromatic nitrogens is 1. The monoisotopic (exact) mass is 442 g/mol. The van der Waals surface area contributed by atoms with Crippen LogP contribution in [-0.4, -0.2) is 24.3 Å². The summed E-state index contributed by atoms with van der Waals surface area (Å²) in [7, 11) is 0. The van der Waals surface area contributed by atoms with Gasteiger partial charge in [-0.05, 0) is 43.2 Å². The van der Waals surface area contributed by atoms with Gasteiger partial charge < -0.3 is 19.3 Å². The second kappa shape index (κ2) is 10.5. The first-order valence-electron chi connectivity index (χ1n) is 11.0. The van der Waals surface area contributed by atoms with Crippen LogP contribution in [0, 0.1) is 0 Å². The summed E-state index contributed by atoms with van der Waals surface area (Å²) in [5.41, 5.74) is 4.34. The molecular formula is C27H26N2O4. The predicted molar refractivity (Wildman–Crippen MR) is 127 cm³/mol. The second-order valence-corrected chi connectivity index (χ2v) is 7.34. The van der Waals surface area contributed by atoms with E-state index in [9.17, 15) is 4.79 Å². The summed E-state index contributed by atoms with van der Waals surface area (Å²) in [6, 6.07) is 25.3. The Morgan fingerprint density at radius 1 is 0.818 bits per heavy atom. The minimum Gasteiger partial charge on any atom is -0.490 e. The summed E-state index contributed by atoms with van der Waals surface area (Å²) in [6.45, 7) is 5.05. The minimum atomic E-state index is -0.226. The van der Waals surface area contributed by atoms with Crippen LogP contribution in [0.4, 0.5) is 0 Å². The molecule has 0 aliphatic carbocycles. The molecule has 3 aromatic carbocycles. The highest BCUT2D eigenvalue weighted by Crippen LogP contribution is 2.29. The summed E-state index contributed by atoms with van der Waals surface area (Å²) >= 11 is 0. The van der Waals surface area contributed by atoms with E-state index in [0.717, 1.165) is 16.7 Å². The quantitative estimate of drug-likeness (QED) is 0.358. The SMILES string of the molecule is CCOc1ccc(C(=O)NCc2cc(-c3ccc(-c4ccccc4)cc3)on2)cc1OCC. The van der Waals surface area contributed by atoms with Gasteiger partial charge >= 0.3 is 0 Å². The number of amides is 1. The smallest absolute Gasteiger partial charge is 0.251 e. The molecule has 0 spiro atoms. The molecule has 4 rings (SSSR count). The van der Waals surface area contributed by atoms with Crippen LogP contribution >= 0.6 is 0 Å². The molecule has 1 heterocycles. The van der Waals surface area contributed by atoms with Crippen LogP contribution in [0.25, 0.3) is 22.5 Å². The van der Waals surface area contributed by atoms with Crippen molar-refractivity contribution in [1.82, 2.24) is 10.5 Å². The van der Waals surface area contributed by atoms with E-state index in [0.29, 0.717) is 41.7 Å². The van der Waals surface area contributed by atoms with Gasteiger partial charge in [0.15, 0.2) is 17.3 Å². The van der Waals surface area contributed by atoms with Gasteiger partial charge in [0.1, 0.15) is 5.69 Å². The zero-order valence-corrected chi connectivity index (χ0v) is 18.7. The summed E-state index contributed by atoms with van der Waals surface area (Å²) in [4.78, 5) is 12.6. The Morgan fingerprint density at radius 3 is 2.21 bits per heavy atom. The van der Waals surface area contributed by atoms with E-state index in [1.807, 2.05) is 50.2 Å². The highest BCUT2D eigenvalue weighted by Gasteiger charge is 2.13. The molecule has 33 heavy (non-hydrogen) atoms. The van der Waals surface area contributed by atoms with Crippen molar-refractivity contribution in [3.63, 3.8) is 0 Å². The Balaban J connectivity index is 1.40. The number of ether oxygens (including phenoxy) is 2. The number of nitrogens with zero attached hydrogens (tertiary/aromatic N) is 1. The third-order valence-electron chi connectivity index (χ3n) is 5.07. The molecule has 4 aromatic rings. The number of hydrogen-bond donors (Lipinski definition) is 1. The molecule has 0 saturated carbocycles. The Bertz CT molecular complexity index is 1200. The number of carbonyl (C=O) groups is 1. The molecule has 168 valence electrons. The van der Waals surface area contributed by atoms with Gasteiger partial charge in [0.25, 0.3) is 5.91 Å². The van der Waals surface area contributed by atoms with E-state index < -0.39 is 0 Å². The largest absolute Gasteiger partial charge is 0.490 e. The van der Waals surface area contributed by atoms with E-state index in [1.165, 1.54) is 0 Å². The van der Waals surface area contributed by atoms with E-state index in [-0.39, 0.29) is 12.5 Å². The standard InChI is InChI=1S/C27H26N2O4/c1-3-31-24-15-14-22(16-26(24)32-4-2)27(30)28-18-23-17-25(33-29-23)21-12-10-20(11-13-21)19-8-6-5-7-9-19/h5-17H,3-4,18H2,1-2H3,(H,28,30). The lowest BCUT2D eigenvalue weighted by Crippen LogP contribution is -2.23. The lowest BCUT2D eigenvalue weighted by atomic mass is 10.0. The van der Waals surface area contributed by atoms with E-state index in [1.54, 1.807) is 18.2 Å². The van der Waals surface area contributed by atoms with Crippen molar-refractivity contribution in [2.45, 2.75) is 20.4 Å². The first-order chi connectivity index (χ1) is 16.2. The summed E-state index contributed by atoms with van der Waals surface area (Å²) in [6.07, 6.45) is 0. The van der Waals surface area contributed by atoms with E-state index in [2.05, 4.69) is 34.7 Å². The number of nitrogens with one attached hydrogen (secondary N) is 1. The highest BCUT2D eigenvalue weighted by molar-refractivity contribution is 5.94. The van der Waals surface area contributed by atoms with Gasteiger partial charge in [-0.15, -0.1) is 0 Å². The van der Waals surface area contributed by atoms with Gasteiger partial charge in [0.2, 0.25) is 0 Å². The molecule has 1 aromatic heterocycles. The maximum Gasteiger partial charge on any atom is 0.251 e. The molecule has 6 heteroatoms. The maximum atomic E-state index is 12.6. The fourth-order valence-electron chi connectivity index (χ4n) is 3.45. The molecule has 0 saturated heterocycles. The van der Waals surface area contributed by atoms with Gasteiger partial charge in [-0.2, -0.15) is 0 Å². The second-order valence-electron chi connectivity index (χ2n) is 7.34. The minimum absolute atomic E-state index is 0.226. The van der Waals surface area contributed by atoms with Gasteiger partial charge in [0, 0.05) is 17.2 Å². The number of hydrogen-bond acceptors (Lipinski definition) is 5. The lowest BCUT2D eigenvalue weighted by molar-refractivity contribution is 0.0949. The first kappa shape index (κ1) is 22.1. The topological polar surface area (TPSA) is 73.6 Å². The van der Waals surface area contributed by atoms with Gasteiger partial charge in [-0.25, -0.2) is 0 Å². The number of rotatable bonds is 9. The number of carbonyl (C=O) groups excluding carboxylic acids is 1. The molecule has 1 N–H and O–H groups in total. The van der Waals surface area contributed by atoms with Crippen molar-refractivity contribution in [2.75, 3.05) is 13.2 Å². The Labute approximate surface area is 193 Å². The molecule has 0 atom stereocenters. The fourth-order valence-corrected chi connectivity index (χ4v) is 3.45. The van der Waals surface area contributed by atoms with Gasteiger partial charge in [-0.1, -0.05) is 59.8 Å². The summed E-state index contributed by atoms with van der Waals surface area (Å²) in [5, 5.41) is 6.96. The van der Waals surface area contributed by atoms with Crippen LogP contribution in [0.15, 0.2) is 83.4 Å². The van der Waals surface area contributed by atoms with Crippen LogP contribution in [0.5, 0.6) is 11.5 Å². The summed E-state index contributed by atoms with van der Waals surface area (Å²) < 4.78 is 16.6. The molecule has 0 fully saturated rings. The van der Waals surface area contributed by atoms with Crippen molar-refractivity contribution in [1.29, 1.82) is 0 Å². The molecule has 0 unspecified atom stereocenters. The van der Waals surface area contributed by atoms with Crippen LogP contribution in [0.2, 0.25) is 0 Å². The van der Waals surface area contributed by atoms with Crippen LogP contribution in [0.1, 0.15) is 29.9 Å². The highest BCUT2D eigenvalue weighted by atomic mass is 16.5. The normalized spacial score (nSPS) is 10.6. The Hall–Kier alpha value is -4.06. The predicted octanol–water partition coefficient (Wildman–Crippen LogP) is 5.74. The Kier molecular flexibility index (Phi) is 7.05. The van der Waals surface area contributed by atoms with Crippen LogP contribution < -0.4 is 14.8 Å². The molecule has 6 nitrogen and oxygen atoms in total. The maximum absolute atomic E-state index is 12.6. The average Bonchev–Trinajstić information content (AvgIpc) is 3.34. The van der Waals surface area contributed by atoms with Crippen LogP contribution in [0.3, 0.4) is 0 Å². The number of benzene rings is 3. The fraction of sp³-hybridized carbons (Fsp3) is 0.185. The zero-order chi connectivity index (χ0) is 23.0. The van der Waals surface area contributed by atoms with E-state index in [4.69, 9.17) is 14.0 Å². The zero-order valence-electron chi connectivity index (χ0n) is 18.7. The summed E-state index contributed by atoms with van der Waals surface area (Å²) in [5.74, 6) is 1.60. The third-order valence-corrected chi connectivity index (χ3v) is 5.07. The lowest BCUT2D eigenvalue weighted by Gasteiger charge is -2.12. The van der Waals surface area contributed by atoms with E-state index >= 15 is 0 Å². The van der Waals surface area contributed by atoms with Crippen molar-refractivity contribution in [3.05, 3.63) is 90.1 Å². The van der Waals surface area contributed by atoms with Crippen molar-refractivity contribution >= 4 is 5.91 Å². The molecule has 0 bridgehead atoms. The van der Waals surface area contributed by atoms with Gasteiger partial charge in [0.05, 0.1) is 19.8 Å². The third kappa shape index (κ3) is 5.41. The van der Waals surface area contributed by atoms with Crippen molar-refractivity contribution in [2.24, 2.45) is 0 Å². The van der Waals surface area contributed by atoms with Gasteiger partial charge in [-0.3, -0.25) is 4.79 Å². The molecule has 0 radical (unpaired) electrons.